The molecule has 12 rings (SSSR count). The zero-order chi connectivity index (χ0) is 36.7. The molecule has 0 fully saturated rings. The van der Waals surface area contributed by atoms with Crippen LogP contribution in [0.5, 0.6) is 0 Å². The maximum Gasteiger partial charge on any atom is 0.137 e. The molecule has 262 valence electrons. The van der Waals surface area contributed by atoms with Crippen molar-refractivity contribution in [3.63, 3.8) is 0 Å². The molecule has 0 saturated carbocycles. The maximum atomic E-state index is 6.47. The molecule has 6 nitrogen and oxygen atoms in total. The van der Waals surface area contributed by atoms with Gasteiger partial charge in [0.25, 0.3) is 0 Å². The van der Waals surface area contributed by atoms with E-state index in [0.717, 1.165) is 94.4 Å². The molecule has 0 aliphatic rings. The van der Waals surface area contributed by atoms with Gasteiger partial charge in [-0.15, -0.1) is 5.10 Å². The highest BCUT2D eigenvalue weighted by Gasteiger charge is 2.25. The summed E-state index contributed by atoms with van der Waals surface area (Å²) in [5.41, 5.74) is 13.2. The van der Waals surface area contributed by atoms with Crippen LogP contribution >= 0.6 is 0 Å². The molecule has 0 unspecified atom stereocenters. The van der Waals surface area contributed by atoms with Gasteiger partial charge in [-0.3, -0.25) is 0 Å². The lowest BCUT2D eigenvalue weighted by atomic mass is 9.99. The standard InChI is InChI=1S/C50H31N5O/c1-3-16-32(17-4-1)49-50(55(52-51-49)33-18-5-2-6-19-33)37-23-15-28-44-48(37)36-22-8-11-25-41(36)53(44)42-26-12-13-27-43(42)54-40-24-10-7-20-34(40)38-30-39-35-21-9-14-29-46(35)56-47(39)31-45(38)54/h1-31H. The Bertz CT molecular complexity index is 3420. The molecular formula is C50H31N5O. The van der Waals surface area contributed by atoms with Crippen molar-refractivity contribution in [3.05, 3.63) is 188 Å². The fourth-order valence-corrected chi connectivity index (χ4v) is 8.83. The number of rotatable bonds is 5. The third-order valence-corrected chi connectivity index (χ3v) is 11.2. The molecule has 0 saturated heterocycles. The van der Waals surface area contributed by atoms with Gasteiger partial charge in [-0.05, 0) is 54.6 Å². The van der Waals surface area contributed by atoms with Gasteiger partial charge in [-0.25, -0.2) is 4.68 Å². The Kier molecular flexibility index (Phi) is 6.53. The van der Waals surface area contributed by atoms with Gasteiger partial charge >= 0.3 is 0 Å². The number of furan rings is 1. The Balaban J connectivity index is 1.16. The van der Waals surface area contributed by atoms with E-state index in [-0.39, 0.29) is 0 Å². The summed E-state index contributed by atoms with van der Waals surface area (Å²) >= 11 is 0. The predicted molar refractivity (Wildman–Crippen MR) is 228 cm³/mol. The Labute approximate surface area is 320 Å². The molecule has 0 radical (unpaired) electrons. The molecule has 6 heteroatoms. The first-order valence-corrected chi connectivity index (χ1v) is 18.9. The summed E-state index contributed by atoms with van der Waals surface area (Å²) in [6.07, 6.45) is 0. The lowest BCUT2D eigenvalue weighted by Gasteiger charge is -2.17. The topological polar surface area (TPSA) is 53.7 Å². The fraction of sp³-hybridized carbons (Fsp3) is 0. The van der Waals surface area contributed by atoms with E-state index in [0.29, 0.717) is 0 Å². The van der Waals surface area contributed by atoms with Crippen LogP contribution in [0.15, 0.2) is 192 Å². The molecule has 56 heavy (non-hydrogen) atoms. The molecule has 4 heterocycles. The molecule has 0 amide bonds. The highest BCUT2D eigenvalue weighted by Crippen LogP contribution is 2.44. The van der Waals surface area contributed by atoms with E-state index in [9.17, 15) is 0 Å². The first kappa shape index (κ1) is 30.7. The summed E-state index contributed by atoms with van der Waals surface area (Å²) in [6.45, 7) is 0. The Morgan fingerprint density at radius 1 is 0.411 bits per heavy atom. The number of hydrogen-bond donors (Lipinski definition) is 0. The number of fused-ring (bicyclic) bond motifs is 9. The van der Waals surface area contributed by atoms with Gasteiger partial charge in [-0.1, -0.05) is 133 Å². The van der Waals surface area contributed by atoms with Crippen LogP contribution in [0.25, 0.3) is 105 Å². The van der Waals surface area contributed by atoms with Gasteiger partial charge in [0.1, 0.15) is 22.6 Å². The van der Waals surface area contributed by atoms with E-state index < -0.39 is 0 Å². The summed E-state index contributed by atoms with van der Waals surface area (Å²) in [7, 11) is 0. The third kappa shape index (κ3) is 4.38. The van der Waals surface area contributed by atoms with Crippen LogP contribution < -0.4 is 0 Å². The average molecular weight is 718 g/mol. The number of para-hydroxylation sites is 6. The number of benzene rings is 8. The summed E-state index contributed by atoms with van der Waals surface area (Å²) in [5.74, 6) is 0. The Morgan fingerprint density at radius 2 is 1.02 bits per heavy atom. The predicted octanol–water partition coefficient (Wildman–Crippen LogP) is 12.7. The normalized spacial score (nSPS) is 11.9. The van der Waals surface area contributed by atoms with Gasteiger partial charge in [0.05, 0.1) is 39.1 Å². The number of hydrogen-bond acceptors (Lipinski definition) is 3. The molecule has 0 N–H and O–H groups in total. The molecule has 0 aliphatic heterocycles. The van der Waals surface area contributed by atoms with Gasteiger partial charge in [0, 0.05) is 49.5 Å². The summed E-state index contributed by atoms with van der Waals surface area (Å²) < 4.78 is 13.3. The lowest BCUT2D eigenvalue weighted by Crippen LogP contribution is -2.03. The minimum absolute atomic E-state index is 0.835. The zero-order valence-electron chi connectivity index (χ0n) is 30.0. The minimum Gasteiger partial charge on any atom is -0.456 e. The summed E-state index contributed by atoms with van der Waals surface area (Å²) in [6, 6.07) is 66.2. The van der Waals surface area contributed by atoms with Gasteiger partial charge < -0.3 is 13.6 Å². The molecule has 0 aliphatic carbocycles. The van der Waals surface area contributed by atoms with Crippen LogP contribution in [0.2, 0.25) is 0 Å². The largest absolute Gasteiger partial charge is 0.456 e. The number of nitrogens with zero attached hydrogens (tertiary/aromatic N) is 5. The van der Waals surface area contributed by atoms with E-state index in [4.69, 9.17) is 14.7 Å². The maximum absolute atomic E-state index is 6.47. The first-order chi connectivity index (χ1) is 27.8. The van der Waals surface area contributed by atoms with Crippen LogP contribution in [0.3, 0.4) is 0 Å². The van der Waals surface area contributed by atoms with Crippen LogP contribution in [0.1, 0.15) is 0 Å². The average Bonchev–Trinajstić information content (AvgIpc) is 4.03. The van der Waals surface area contributed by atoms with Crippen molar-refractivity contribution in [2.45, 2.75) is 0 Å². The van der Waals surface area contributed by atoms with Crippen molar-refractivity contribution < 1.29 is 4.42 Å². The van der Waals surface area contributed by atoms with Crippen molar-refractivity contribution >= 4 is 65.6 Å². The molecule has 0 bridgehead atoms. The van der Waals surface area contributed by atoms with Gasteiger partial charge in [-0.2, -0.15) is 0 Å². The van der Waals surface area contributed by atoms with E-state index in [1.807, 2.05) is 41.1 Å². The van der Waals surface area contributed by atoms with Crippen molar-refractivity contribution in [2.75, 3.05) is 0 Å². The minimum atomic E-state index is 0.835. The van der Waals surface area contributed by atoms with Crippen molar-refractivity contribution in [1.29, 1.82) is 0 Å². The third-order valence-electron chi connectivity index (χ3n) is 11.2. The Morgan fingerprint density at radius 3 is 1.80 bits per heavy atom. The molecule has 12 aromatic rings. The quantitative estimate of drug-likeness (QED) is 0.178. The first-order valence-electron chi connectivity index (χ1n) is 18.9. The molecule has 0 spiro atoms. The monoisotopic (exact) mass is 717 g/mol. The van der Waals surface area contributed by atoms with Crippen molar-refractivity contribution in [3.8, 4) is 39.6 Å². The SMILES string of the molecule is c1ccc(-c2nnn(-c3ccccc3)c2-c2cccc3c2c2ccccc2n3-c2ccccc2-n2c3ccccc3c3cc4c(cc32)oc2ccccc24)cc1. The van der Waals surface area contributed by atoms with Crippen molar-refractivity contribution in [2.24, 2.45) is 0 Å². The van der Waals surface area contributed by atoms with Crippen LogP contribution in [-0.4, -0.2) is 24.1 Å². The summed E-state index contributed by atoms with van der Waals surface area (Å²) in [4.78, 5) is 0. The van der Waals surface area contributed by atoms with Crippen LogP contribution in [-0.2, 0) is 0 Å². The zero-order valence-corrected chi connectivity index (χ0v) is 30.0. The second-order valence-electron chi connectivity index (χ2n) is 14.3. The van der Waals surface area contributed by atoms with Crippen LogP contribution in [0.4, 0.5) is 0 Å². The Hall–Kier alpha value is -7.70. The van der Waals surface area contributed by atoms with E-state index in [1.54, 1.807) is 0 Å². The lowest BCUT2D eigenvalue weighted by molar-refractivity contribution is 0.669. The summed E-state index contributed by atoms with van der Waals surface area (Å²) in [5, 5.41) is 16.5. The van der Waals surface area contributed by atoms with E-state index in [2.05, 4.69) is 161 Å². The van der Waals surface area contributed by atoms with Gasteiger partial charge in [0.2, 0.25) is 0 Å². The van der Waals surface area contributed by atoms with E-state index in [1.165, 1.54) is 10.8 Å². The fourth-order valence-electron chi connectivity index (χ4n) is 8.83. The number of aromatic nitrogens is 5. The second kappa shape index (κ2) is 11.9. The van der Waals surface area contributed by atoms with E-state index >= 15 is 0 Å². The molecular weight excluding hydrogens is 687 g/mol. The van der Waals surface area contributed by atoms with Gasteiger partial charge in [0.15, 0.2) is 0 Å². The molecule has 8 aromatic carbocycles. The molecule has 0 atom stereocenters. The second-order valence-corrected chi connectivity index (χ2v) is 14.3. The highest BCUT2D eigenvalue weighted by atomic mass is 16.3. The van der Waals surface area contributed by atoms with Crippen molar-refractivity contribution in [1.82, 2.24) is 24.1 Å². The highest BCUT2D eigenvalue weighted by molar-refractivity contribution is 6.19. The smallest absolute Gasteiger partial charge is 0.137 e. The molecule has 4 aromatic heterocycles. The van der Waals surface area contributed by atoms with Crippen LogP contribution in [0, 0.1) is 0 Å².